The van der Waals surface area contributed by atoms with Gasteiger partial charge in [0.05, 0.1) is 13.0 Å². The second-order valence-corrected chi connectivity index (χ2v) is 4.10. The number of hydrogen-bond donors (Lipinski definition) is 0. The first-order valence-corrected chi connectivity index (χ1v) is 5.16. The van der Waals surface area contributed by atoms with E-state index in [1.165, 1.54) is 12.0 Å². The highest BCUT2D eigenvalue weighted by molar-refractivity contribution is 7.10. The predicted octanol–water partition coefficient (Wildman–Crippen LogP) is 2.66. The van der Waals surface area contributed by atoms with Crippen LogP contribution in [0.5, 0.6) is 0 Å². The van der Waals surface area contributed by atoms with Crippen molar-refractivity contribution in [1.82, 2.24) is 0 Å². The summed E-state index contributed by atoms with van der Waals surface area (Å²) in [6, 6.07) is 4.05. The first kappa shape index (κ1) is 10.3. The van der Waals surface area contributed by atoms with Gasteiger partial charge in [0.2, 0.25) is 0 Å². The Labute approximate surface area is 82.5 Å². The van der Waals surface area contributed by atoms with E-state index in [-0.39, 0.29) is 17.8 Å². The summed E-state index contributed by atoms with van der Waals surface area (Å²) < 4.78 is 4.70. The summed E-state index contributed by atoms with van der Waals surface area (Å²) in [5.74, 6) is 0.0389. The summed E-state index contributed by atoms with van der Waals surface area (Å²) in [5.41, 5.74) is 0. The fourth-order valence-corrected chi connectivity index (χ4v) is 2.08. The van der Waals surface area contributed by atoms with Crippen molar-refractivity contribution in [3.63, 3.8) is 0 Å². The molecule has 1 heterocycles. The second kappa shape index (κ2) is 4.42. The molecule has 0 bridgehead atoms. The van der Waals surface area contributed by atoms with E-state index < -0.39 is 0 Å². The summed E-state index contributed by atoms with van der Waals surface area (Å²) in [7, 11) is 1.43. The Balaban J connectivity index is 2.68. The first-order chi connectivity index (χ1) is 6.16. The summed E-state index contributed by atoms with van der Waals surface area (Å²) in [5, 5.41) is 2.02. The molecule has 0 spiro atoms. The molecule has 0 aliphatic rings. The molecule has 0 fully saturated rings. The van der Waals surface area contributed by atoms with Gasteiger partial charge in [-0.2, -0.15) is 0 Å². The van der Waals surface area contributed by atoms with Gasteiger partial charge in [-0.15, -0.1) is 11.3 Å². The van der Waals surface area contributed by atoms with Crippen molar-refractivity contribution in [1.29, 1.82) is 0 Å². The van der Waals surface area contributed by atoms with Gasteiger partial charge in [0.15, 0.2) is 0 Å². The molecule has 1 rings (SSSR count). The third-order valence-electron chi connectivity index (χ3n) is 2.31. The van der Waals surface area contributed by atoms with Crippen LogP contribution in [0.1, 0.15) is 24.6 Å². The topological polar surface area (TPSA) is 26.3 Å². The largest absolute Gasteiger partial charge is 0.469 e. The Morgan fingerprint density at radius 2 is 2.23 bits per heavy atom. The lowest BCUT2D eigenvalue weighted by Crippen LogP contribution is -2.18. The van der Waals surface area contributed by atoms with E-state index in [1.807, 2.05) is 25.3 Å². The number of thiophene rings is 1. The van der Waals surface area contributed by atoms with Gasteiger partial charge < -0.3 is 4.74 Å². The van der Waals surface area contributed by atoms with Gasteiger partial charge in [0, 0.05) is 10.8 Å². The highest BCUT2D eigenvalue weighted by Crippen LogP contribution is 2.28. The molecule has 1 aromatic rings. The van der Waals surface area contributed by atoms with Crippen LogP contribution < -0.4 is 0 Å². The molecule has 0 saturated carbocycles. The molecular formula is C10H14O2S. The minimum absolute atomic E-state index is 0.0661. The average molecular weight is 198 g/mol. The molecule has 1 aromatic heterocycles. The number of esters is 1. The first-order valence-electron chi connectivity index (χ1n) is 4.28. The maximum absolute atomic E-state index is 11.2. The van der Waals surface area contributed by atoms with Crippen LogP contribution in [-0.4, -0.2) is 13.1 Å². The van der Waals surface area contributed by atoms with Crippen LogP contribution in [0.25, 0.3) is 0 Å². The Morgan fingerprint density at radius 3 is 2.69 bits per heavy atom. The quantitative estimate of drug-likeness (QED) is 0.698. The fraction of sp³-hybridized carbons (Fsp3) is 0.500. The molecule has 0 radical (unpaired) electrons. The van der Waals surface area contributed by atoms with E-state index in [9.17, 15) is 4.79 Å². The number of methoxy groups -OCH3 is 1. The predicted molar refractivity (Wildman–Crippen MR) is 53.9 cm³/mol. The second-order valence-electron chi connectivity index (χ2n) is 3.12. The van der Waals surface area contributed by atoms with Crippen molar-refractivity contribution in [3.8, 4) is 0 Å². The highest BCUT2D eigenvalue weighted by Gasteiger charge is 2.22. The van der Waals surface area contributed by atoms with E-state index >= 15 is 0 Å². The van der Waals surface area contributed by atoms with Crippen LogP contribution in [0, 0.1) is 5.92 Å². The molecule has 3 heteroatoms. The highest BCUT2D eigenvalue weighted by atomic mass is 32.1. The normalized spacial score (nSPS) is 15.0. The summed E-state index contributed by atoms with van der Waals surface area (Å²) >= 11 is 1.68. The van der Waals surface area contributed by atoms with Crippen LogP contribution in [0.4, 0.5) is 0 Å². The van der Waals surface area contributed by atoms with Gasteiger partial charge in [0.25, 0.3) is 0 Å². The zero-order valence-electron chi connectivity index (χ0n) is 8.11. The number of rotatable bonds is 3. The van der Waals surface area contributed by atoms with Gasteiger partial charge in [-0.25, -0.2) is 0 Å². The molecule has 2 nitrogen and oxygen atoms in total. The van der Waals surface area contributed by atoms with E-state index in [1.54, 1.807) is 11.3 Å². The van der Waals surface area contributed by atoms with Crippen LogP contribution >= 0.6 is 11.3 Å². The van der Waals surface area contributed by atoms with Gasteiger partial charge in [-0.3, -0.25) is 4.79 Å². The van der Waals surface area contributed by atoms with E-state index in [0.717, 1.165) is 0 Å². The Hall–Kier alpha value is -0.830. The summed E-state index contributed by atoms with van der Waals surface area (Å²) in [6.45, 7) is 3.95. The lowest BCUT2D eigenvalue weighted by molar-refractivity contribution is -0.145. The molecular weight excluding hydrogens is 184 g/mol. The van der Waals surface area contributed by atoms with Crippen LogP contribution in [-0.2, 0) is 9.53 Å². The van der Waals surface area contributed by atoms with Gasteiger partial charge in [-0.1, -0.05) is 19.9 Å². The van der Waals surface area contributed by atoms with E-state index in [2.05, 4.69) is 6.07 Å². The zero-order valence-corrected chi connectivity index (χ0v) is 8.93. The molecule has 2 unspecified atom stereocenters. The summed E-state index contributed by atoms with van der Waals surface area (Å²) in [4.78, 5) is 12.5. The van der Waals surface area contributed by atoms with E-state index in [4.69, 9.17) is 4.74 Å². The van der Waals surface area contributed by atoms with Crippen molar-refractivity contribution in [2.45, 2.75) is 19.8 Å². The van der Waals surface area contributed by atoms with Crippen LogP contribution in [0.3, 0.4) is 0 Å². The number of hydrogen-bond acceptors (Lipinski definition) is 3. The van der Waals surface area contributed by atoms with Crippen molar-refractivity contribution in [3.05, 3.63) is 22.4 Å². The Morgan fingerprint density at radius 1 is 1.54 bits per heavy atom. The molecule has 0 aromatic carbocycles. The molecule has 13 heavy (non-hydrogen) atoms. The molecule has 0 amide bonds. The van der Waals surface area contributed by atoms with Gasteiger partial charge in [0.1, 0.15) is 0 Å². The number of carbonyl (C=O) groups excluding carboxylic acids is 1. The molecule has 0 N–H and O–H groups in total. The standard InChI is InChI=1S/C10H14O2S/c1-7(8(2)10(11)12-3)9-5-4-6-13-9/h4-8H,1-3H3. The number of carbonyl (C=O) groups is 1. The van der Waals surface area contributed by atoms with Crippen molar-refractivity contribution < 1.29 is 9.53 Å². The Bertz CT molecular complexity index is 266. The lowest BCUT2D eigenvalue weighted by Gasteiger charge is -2.15. The minimum Gasteiger partial charge on any atom is -0.469 e. The SMILES string of the molecule is COC(=O)C(C)C(C)c1cccs1. The maximum Gasteiger partial charge on any atom is 0.309 e. The molecule has 0 aliphatic heterocycles. The summed E-state index contributed by atoms with van der Waals surface area (Å²) in [6.07, 6.45) is 0. The third-order valence-corrected chi connectivity index (χ3v) is 3.39. The number of ether oxygens (including phenoxy) is 1. The van der Waals surface area contributed by atoms with Crippen molar-refractivity contribution in [2.24, 2.45) is 5.92 Å². The van der Waals surface area contributed by atoms with Crippen LogP contribution in [0.15, 0.2) is 17.5 Å². The maximum atomic E-state index is 11.2. The third kappa shape index (κ3) is 2.31. The molecule has 72 valence electrons. The average Bonchev–Trinajstić information content (AvgIpc) is 2.67. The van der Waals surface area contributed by atoms with Crippen LogP contribution in [0.2, 0.25) is 0 Å². The zero-order chi connectivity index (χ0) is 9.84. The van der Waals surface area contributed by atoms with Gasteiger partial charge >= 0.3 is 5.97 Å². The minimum atomic E-state index is -0.138. The van der Waals surface area contributed by atoms with Crippen molar-refractivity contribution in [2.75, 3.05) is 7.11 Å². The fourth-order valence-electron chi connectivity index (χ4n) is 1.19. The molecule has 2 atom stereocenters. The lowest BCUT2D eigenvalue weighted by atomic mass is 9.95. The van der Waals surface area contributed by atoms with Crippen molar-refractivity contribution >= 4 is 17.3 Å². The monoisotopic (exact) mass is 198 g/mol. The molecule has 0 saturated heterocycles. The Kier molecular flexibility index (Phi) is 3.48. The van der Waals surface area contributed by atoms with E-state index in [0.29, 0.717) is 0 Å². The smallest absolute Gasteiger partial charge is 0.309 e. The van der Waals surface area contributed by atoms with Gasteiger partial charge in [-0.05, 0) is 11.4 Å². The molecule has 0 aliphatic carbocycles.